The van der Waals surface area contributed by atoms with Crippen LogP contribution in [0.1, 0.15) is 41.0 Å². The molecule has 0 radical (unpaired) electrons. The lowest BCUT2D eigenvalue weighted by atomic mass is 10.2. The molecule has 21 heavy (non-hydrogen) atoms. The van der Waals surface area contributed by atoms with Crippen molar-refractivity contribution in [3.8, 4) is 0 Å². The number of aryl methyl sites for hydroxylation is 1. The maximum absolute atomic E-state index is 3.42. The van der Waals surface area contributed by atoms with Crippen molar-refractivity contribution in [2.75, 3.05) is 6.54 Å². The molecule has 0 amide bonds. The van der Waals surface area contributed by atoms with E-state index >= 15 is 0 Å². The molecule has 2 nitrogen and oxygen atoms in total. The molecule has 1 N–H and O–H groups in total. The third-order valence-corrected chi connectivity index (χ3v) is 5.62. The average molecular weight is 323 g/mol. The Labute approximate surface area is 136 Å². The Bertz CT molecular complexity index is 529. The van der Waals surface area contributed by atoms with Crippen molar-refractivity contribution in [1.29, 1.82) is 0 Å². The van der Waals surface area contributed by atoms with Crippen LogP contribution in [0, 0.1) is 6.92 Å². The maximum atomic E-state index is 3.42. The van der Waals surface area contributed by atoms with E-state index in [1.54, 1.807) is 0 Å². The number of nitrogens with zero attached hydrogens (tertiary/aromatic N) is 1. The number of hydrogen-bond donors (Lipinski definition) is 1. The molecule has 2 aromatic rings. The van der Waals surface area contributed by atoms with Crippen LogP contribution in [0.3, 0.4) is 0 Å². The van der Waals surface area contributed by atoms with Crippen molar-refractivity contribution in [3.63, 3.8) is 0 Å². The predicted molar refractivity (Wildman–Crippen MR) is 95.1 cm³/mol. The van der Waals surface area contributed by atoms with Crippen LogP contribution in [-0.2, 0) is 19.6 Å². The van der Waals surface area contributed by atoms with Gasteiger partial charge in [0, 0.05) is 40.3 Å². The van der Waals surface area contributed by atoms with Gasteiger partial charge in [0.25, 0.3) is 0 Å². The zero-order valence-corrected chi connectivity index (χ0v) is 15.1. The van der Waals surface area contributed by atoms with Crippen LogP contribution in [0.5, 0.6) is 0 Å². The van der Waals surface area contributed by atoms with Gasteiger partial charge in [-0.15, -0.1) is 22.7 Å². The molecule has 0 bridgehead atoms. The Kier molecular flexibility index (Phi) is 6.42. The first-order valence-electron chi connectivity index (χ1n) is 7.65. The highest BCUT2D eigenvalue weighted by Gasteiger charge is 2.14. The van der Waals surface area contributed by atoms with Crippen LogP contribution < -0.4 is 5.32 Å². The van der Waals surface area contributed by atoms with Gasteiger partial charge in [0.2, 0.25) is 0 Å². The van der Waals surface area contributed by atoms with E-state index in [0.29, 0.717) is 6.04 Å². The molecule has 0 unspecified atom stereocenters. The van der Waals surface area contributed by atoms with Crippen molar-refractivity contribution < 1.29 is 0 Å². The summed E-state index contributed by atoms with van der Waals surface area (Å²) in [6.45, 7) is 13.1. The Morgan fingerprint density at radius 3 is 2.67 bits per heavy atom. The quantitative estimate of drug-likeness (QED) is 0.762. The Morgan fingerprint density at radius 1 is 1.24 bits per heavy atom. The van der Waals surface area contributed by atoms with Gasteiger partial charge in [0.15, 0.2) is 0 Å². The highest BCUT2D eigenvalue weighted by Crippen LogP contribution is 2.25. The molecule has 0 aliphatic heterocycles. The van der Waals surface area contributed by atoms with E-state index in [1.165, 1.54) is 20.2 Å². The molecule has 0 atom stereocenters. The topological polar surface area (TPSA) is 15.3 Å². The summed E-state index contributed by atoms with van der Waals surface area (Å²) in [6, 6.07) is 7.32. The molecule has 2 rings (SSSR count). The van der Waals surface area contributed by atoms with E-state index in [0.717, 1.165) is 26.2 Å². The van der Waals surface area contributed by atoms with Gasteiger partial charge in [-0.25, -0.2) is 0 Å². The van der Waals surface area contributed by atoms with Crippen molar-refractivity contribution >= 4 is 22.7 Å². The van der Waals surface area contributed by atoms with Gasteiger partial charge in [0.05, 0.1) is 0 Å². The highest BCUT2D eigenvalue weighted by molar-refractivity contribution is 7.12. The first kappa shape index (κ1) is 16.7. The minimum Gasteiger partial charge on any atom is -0.312 e. The molecule has 0 fully saturated rings. The lowest BCUT2D eigenvalue weighted by Gasteiger charge is -2.26. The molecule has 2 heterocycles. The average Bonchev–Trinajstić information content (AvgIpc) is 3.06. The Morgan fingerprint density at radius 2 is 2.05 bits per heavy atom. The Hall–Kier alpha value is -0.680. The predicted octanol–water partition coefficient (Wildman–Crippen LogP) is 4.64. The van der Waals surface area contributed by atoms with Crippen LogP contribution in [0.25, 0.3) is 0 Å². The van der Waals surface area contributed by atoms with Crippen molar-refractivity contribution in [3.05, 3.63) is 43.8 Å². The summed E-state index contributed by atoms with van der Waals surface area (Å²) in [5.74, 6) is 0. The highest BCUT2D eigenvalue weighted by atomic mass is 32.1. The van der Waals surface area contributed by atoms with Crippen molar-refractivity contribution in [1.82, 2.24) is 10.2 Å². The van der Waals surface area contributed by atoms with Crippen LogP contribution in [-0.4, -0.2) is 17.5 Å². The molecule has 0 aliphatic carbocycles. The van der Waals surface area contributed by atoms with Gasteiger partial charge in [-0.3, -0.25) is 4.90 Å². The number of nitrogens with one attached hydrogen (secondary N) is 1. The molecule has 0 spiro atoms. The van der Waals surface area contributed by atoms with E-state index in [9.17, 15) is 0 Å². The summed E-state index contributed by atoms with van der Waals surface area (Å²) in [6.07, 6.45) is 0. The third kappa shape index (κ3) is 4.92. The molecular formula is C17H26N2S2. The standard InChI is InChI=1S/C17H26N2S2/c1-5-18-10-17-9-15(14(4)21-17)11-19(13(2)3)12-16-7-6-8-20-16/h6-9,13,18H,5,10-12H2,1-4H3. The van der Waals surface area contributed by atoms with E-state index < -0.39 is 0 Å². The summed E-state index contributed by atoms with van der Waals surface area (Å²) < 4.78 is 0. The second kappa shape index (κ2) is 8.08. The fourth-order valence-corrected chi connectivity index (χ4v) is 4.08. The van der Waals surface area contributed by atoms with Crippen LogP contribution in [0.15, 0.2) is 23.6 Å². The lowest BCUT2D eigenvalue weighted by molar-refractivity contribution is 0.205. The van der Waals surface area contributed by atoms with E-state index in [1.807, 2.05) is 22.7 Å². The van der Waals surface area contributed by atoms with Gasteiger partial charge in [0.1, 0.15) is 0 Å². The summed E-state index contributed by atoms with van der Waals surface area (Å²) >= 11 is 3.78. The van der Waals surface area contributed by atoms with Crippen LogP contribution in [0.4, 0.5) is 0 Å². The second-order valence-electron chi connectivity index (χ2n) is 5.65. The van der Waals surface area contributed by atoms with Gasteiger partial charge >= 0.3 is 0 Å². The Balaban J connectivity index is 2.04. The summed E-state index contributed by atoms with van der Waals surface area (Å²) in [7, 11) is 0. The minimum absolute atomic E-state index is 0.559. The fourth-order valence-electron chi connectivity index (χ4n) is 2.32. The van der Waals surface area contributed by atoms with Crippen molar-refractivity contribution in [2.45, 2.75) is 53.4 Å². The molecular weight excluding hydrogens is 296 g/mol. The van der Waals surface area contributed by atoms with Crippen LogP contribution >= 0.6 is 22.7 Å². The van der Waals surface area contributed by atoms with Crippen molar-refractivity contribution in [2.24, 2.45) is 0 Å². The fraction of sp³-hybridized carbons (Fsp3) is 0.529. The maximum Gasteiger partial charge on any atom is 0.0334 e. The second-order valence-corrected chi connectivity index (χ2v) is 8.03. The zero-order valence-electron chi connectivity index (χ0n) is 13.5. The zero-order chi connectivity index (χ0) is 15.2. The molecule has 0 aromatic carbocycles. The normalized spacial score (nSPS) is 11.7. The molecule has 0 aliphatic rings. The molecule has 0 saturated carbocycles. The minimum atomic E-state index is 0.559. The molecule has 2 aromatic heterocycles. The van der Waals surface area contributed by atoms with Gasteiger partial charge in [-0.1, -0.05) is 13.0 Å². The number of thiophene rings is 2. The summed E-state index contributed by atoms with van der Waals surface area (Å²) in [4.78, 5) is 6.91. The smallest absolute Gasteiger partial charge is 0.0334 e. The largest absolute Gasteiger partial charge is 0.312 e. The van der Waals surface area contributed by atoms with E-state index in [2.05, 4.69) is 61.5 Å². The SMILES string of the molecule is CCNCc1cc(CN(Cc2cccs2)C(C)C)c(C)s1. The first-order chi connectivity index (χ1) is 10.1. The molecule has 4 heteroatoms. The first-order valence-corrected chi connectivity index (χ1v) is 9.35. The van der Waals surface area contributed by atoms with Crippen LogP contribution in [0.2, 0.25) is 0 Å². The molecule has 0 saturated heterocycles. The summed E-state index contributed by atoms with van der Waals surface area (Å²) in [5.41, 5.74) is 1.48. The van der Waals surface area contributed by atoms with E-state index in [4.69, 9.17) is 0 Å². The lowest BCUT2D eigenvalue weighted by Crippen LogP contribution is -2.29. The van der Waals surface area contributed by atoms with Gasteiger partial charge < -0.3 is 5.32 Å². The summed E-state index contributed by atoms with van der Waals surface area (Å²) in [5, 5.41) is 5.58. The third-order valence-electron chi connectivity index (χ3n) is 3.66. The molecule has 116 valence electrons. The van der Waals surface area contributed by atoms with E-state index in [-0.39, 0.29) is 0 Å². The number of hydrogen-bond acceptors (Lipinski definition) is 4. The van der Waals surface area contributed by atoms with Gasteiger partial charge in [-0.05, 0) is 50.4 Å². The van der Waals surface area contributed by atoms with Gasteiger partial charge in [-0.2, -0.15) is 0 Å². The monoisotopic (exact) mass is 322 g/mol. The number of rotatable bonds is 8.